The molecule has 1 aliphatic carbocycles. The third-order valence-electron chi connectivity index (χ3n) is 6.89. The summed E-state index contributed by atoms with van der Waals surface area (Å²) in [6.07, 6.45) is 12.5. The van der Waals surface area contributed by atoms with Gasteiger partial charge >= 0.3 is 0 Å². The third kappa shape index (κ3) is 6.44. The molecular weight excluding hydrogens is 424 g/mol. The maximum atomic E-state index is 13.0. The Morgan fingerprint density at radius 2 is 1.97 bits per heavy atom. The molecule has 182 valence electrons. The van der Waals surface area contributed by atoms with E-state index in [1.54, 1.807) is 0 Å². The number of aromatic nitrogens is 2. The molecule has 1 aliphatic heterocycles. The Morgan fingerprint density at radius 3 is 2.68 bits per heavy atom. The molecule has 1 atom stereocenters. The first-order chi connectivity index (χ1) is 16.6. The number of hydrogen-bond acceptors (Lipinski definition) is 5. The highest BCUT2D eigenvalue weighted by Crippen LogP contribution is 2.28. The lowest BCUT2D eigenvalue weighted by Gasteiger charge is -2.23. The van der Waals surface area contributed by atoms with E-state index in [1.807, 2.05) is 25.1 Å². The van der Waals surface area contributed by atoms with Gasteiger partial charge < -0.3 is 15.4 Å². The van der Waals surface area contributed by atoms with E-state index in [0.717, 1.165) is 74.2 Å². The lowest BCUT2D eigenvalue weighted by Crippen LogP contribution is -2.37. The van der Waals surface area contributed by atoms with Crippen molar-refractivity contribution in [2.75, 3.05) is 13.1 Å². The summed E-state index contributed by atoms with van der Waals surface area (Å²) in [7, 11) is 0. The molecule has 6 nitrogen and oxygen atoms in total. The van der Waals surface area contributed by atoms with Crippen LogP contribution in [0, 0.1) is 0 Å². The zero-order valence-corrected chi connectivity index (χ0v) is 20.6. The molecule has 1 aromatic carbocycles. The summed E-state index contributed by atoms with van der Waals surface area (Å²) in [6, 6.07) is 10.1. The van der Waals surface area contributed by atoms with Crippen LogP contribution in [-0.2, 0) is 6.42 Å². The molecule has 6 heteroatoms. The van der Waals surface area contributed by atoms with Crippen molar-refractivity contribution in [3.8, 4) is 16.9 Å². The lowest BCUT2D eigenvalue weighted by atomic mass is 9.97. The van der Waals surface area contributed by atoms with Crippen molar-refractivity contribution >= 4 is 5.91 Å². The summed E-state index contributed by atoms with van der Waals surface area (Å²) < 4.78 is 6.20. The van der Waals surface area contributed by atoms with Gasteiger partial charge in [0.1, 0.15) is 5.75 Å². The molecule has 1 amide bonds. The fourth-order valence-corrected chi connectivity index (χ4v) is 4.79. The van der Waals surface area contributed by atoms with Gasteiger partial charge in [-0.2, -0.15) is 5.10 Å². The van der Waals surface area contributed by atoms with Crippen LogP contribution >= 0.6 is 0 Å². The molecule has 34 heavy (non-hydrogen) atoms. The maximum absolute atomic E-state index is 13.0. The molecule has 2 heterocycles. The second-order valence-electron chi connectivity index (χ2n) is 9.52. The molecule has 4 rings (SSSR count). The Bertz CT molecular complexity index is 980. The van der Waals surface area contributed by atoms with Gasteiger partial charge in [-0.25, -0.2) is 0 Å². The minimum absolute atomic E-state index is 0.0177. The molecule has 0 radical (unpaired) electrons. The van der Waals surface area contributed by atoms with E-state index in [1.165, 1.54) is 24.8 Å². The van der Waals surface area contributed by atoms with Crippen LogP contribution < -0.4 is 15.4 Å². The second kappa shape index (κ2) is 12.1. The van der Waals surface area contributed by atoms with Crippen molar-refractivity contribution in [3.05, 3.63) is 53.4 Å². The van der Waals surface area contributed by atoms with Crippen LogP contribution in [0.25, 0.3) is 11.1 Å². The minimum Gasteiger partial charge on any atom is -0.490 e. The average molecular weight is 463 g/mol. The van der Waals surface area contributed by atoms with Gasteiger partial charge in [0.15, 0.2) is 5.69 Å². The van der Waals surface area contributed by atoms with Crippen molar-refractivity contribution in [3.63, 3.8) is 0 Å². The summed E-state index contributed by atoms with van der Waals surface area (Å²) >= 11 is 0. The van der Waals surface area contributed by atoms with Crippen molar-refractivity contribution in [1.29, 1.82) is 0 Å². The number of carbonyl (C=O) groups excluding carboxylic acids is 1. The largest absolute Gasteiger partial charge is 0.490 e. The monoisotopic (exact) mass is 462 g/mol. The number of carbonyl (C=O) groups is 1. The van der Waals surface area contributed by atoms with Gasteiger partial charge in [0.05, 0.1) is 11.8 Å². The van der Waals surface area contributed by atoms with Gasteiger partial charge in [-0.1, -0.05) is 38.0 Å². The molecule has 1 unspecified atom stereocenters. The molecule has 0 bridgehead atoms. The SMILES string of the molecule is CCCCc1nnc(C(=O)NC(C)C2=CCNCC2)cc1-c1ccc(OC2CCCCC2)cc1. The fourth-order valence-electron chi connectivity index (χ4n) is 4.79. The molecule has 2 N–H and O–H groups in total. The topological polar surface area (TPSA) is 76.1 Å². The molecule has 2 aromatic rings. The number of hydrogen-bond donors (Lipinski definition) is 2. The van der Waals surface area contributed by atoms with E-state index >= 15 is 0 Å². The van der Waals surface area contributed by atoms with Gasteiger partial charge in [-0.15, -0.1) is 5.10 Å². The van der Waals surface area contributed by atoms with Crippen molar-refractivity contribution in [2.24, 2.45) is 0 Å². The van der Waals surface area contributed by atoms with E-state index in [4.69, 9.17) is 4.74 Å². The van der Waals surface area contributed by atoms with Crippen molar-refractivity contribution < 1.29 is 9.53 Å². The Morgan fingerprint density at radius 1 is 1.18 bits per heavy atom. The van der Waals surface area contributed by atoms with Gasteiger partial charge in [0.25, 0.3) is 5.91 Å². The van der Waals surface area contributed by atoms with Crippen LogP contribution in [0.2, 0.25) is 0 Å². The van der Waals surface area contributed by atoms with Crippen LogP contribution in [0.5, 0.6) is 5.75 Å². The van der Waals surface area contributed by atoms with Crippen LogP contribution in [0.3, 0.4) is 0 Å². The van der Waals surface area contributed by atoms with E-state index in [9.17, 15) is 4.79 Å². The molecule has 2 aliphatic rings. The molecule has 0 saturated heterocycles. The lowest BCUT2D eigenvalue weighted by molar-refractivity contribution is 0.0938. The van der Waals surface area contributed by atoms with Crippen LogP contribution in [0.4, 0.5) is 0 Å². The molecule has 1 aromatic heterocycles. The quantitative estimate of drug-likeness (QED) is 0.499. The first-order valence-corrected chi connectivity index (χ1v) is 13.0. The summed E-state index contributed by atoms with van der Waals surface area (Å²) in [5, 5.41) is 15.2. The van der Waals surface area contributed by atoms with E-state index < -0.39 is 0 Å². The highest BCUT2D eigenvalue weighted by atomic mass is 16.5. The standard InChI is InChI=1S/C28H38N4O2/c1-3-4-10-26-25(22-11-13-24(14-12-22)34-23-8-6-5-7-9-23)19-27(32-31-26)28(33)30-20(2)21-15-17-29-18-16-21/h11-15,19-20,23,29H,3-10,16-18H2,1-2H3,(H,30,33). The van der Waals surface area contributed by atoms with Crippen LogP contribution in [-0.4, -0.2) is 41.3 Å². The summed E-state index contributed by atoms with van der Waals surface area (Å²) in [6.45, 7) is 6.00. The summed E-state index contributed by atoms with van der Waals surface area (Å²) in [5.41, 5.74) is 4.58. The molecule has 1 saturated carbocycles. The highest BCUT2D eigenvalue weighted by Gasteiger charge is 2.19. The van der Waals surface area contributed by atoms with E-state index in [-0.39, 0.29) is 11.9 Å². The summed E-state index contributed by atoms with van der Waals surface area (Å²) in [5.74, 6) is 0.731. The second-order valence-corrected chi connectivity index (χ2v) is 9.52. The highest BCUT2D eigenvalue weighted by molar-refractivity contribution is 5.93. The number of nitrogens with zero attached hydrogens (tertiary/aromatic N) is 2. The van der Waals surface area contributed by atoms with E-state index in [2.05, 4.69) is 46.0 Å². The number of amides is 1. The third-order valence-corrected chi connectivity index (χ3v) is 6.89. The normalized spacial score (nSPS) is 17.6. The number of ether oxygens (including phenoxy) is 1. The van der Waals surface area contributed by atoms with Gasteiger partial charge in [-0.3, -0.25) is 4.79 Å². The Kier molecular flexibility index (Phi) is 8.69. The van der Waals surface area contributed by atoms with Gasteiger partial charge in [0, 0.05) is 18.2 Å². The number of unbranched alkanes of at least 4 members (excludes halogenated alkanes) is 1. The zero-order chi connectivity index (χ0) is 23.8. The average Bonchev–Trinajstić information content (AvgIpc) is 2.89. The van der Waals surface area contributed by atoms with E-state index in [0.29, 0.717) is 11.8 Å². The van der Waals surface area contributed by atoms with Gasteiger partial charge in [0.2, 0.25) is 0 Å². The molecule has 0 spiro atoms. The Hall–Kier alpha value is -2.73. The van der Waals surface area contributed by atoms with Gasteiger partial charge in [-0.05, 0) is 87.7 Å². The smallest absolute Gasteiger partial charge is 0.272 e. The number of aryl methyl sites for hydroxylation is 1. The predicted octanol–water partition coefficient (Wildman–Crippen LogP) is 5.24. The number of rotatable bonds is 9. The maximum Gasteiger partial charge on any atom is 0.272 e. The first kappa shape index (κ1) is 24.4. The Labute approximate surface area is 203 Å². The van der Waals surface area contributed by atoms with Crippen LogP contribution in [0.15, 0.2) is 42.0 Å². The van der Waals surface area contributed by atoms with Crippen molar-refractivity contribution in [2.45, 2.75) is 83.8 Å². The first-order valence-electron chi connectivity index (χ1n) is 13.0. The molecule has 1 fully saturated rings. The fraction of sp³-hybridized carbons (Fsp3) is 0.536. The van der Waals surface area contributed by atoms with Crippen LogP contribution in [0.1, 0.15) is 81.4 Å². The Balaban J connectivity index is 1.51. The zero-order valence-electron chi connectivity index (χ0n) is 20.6. The number of benzene rings is 1. The van der Waals surface area contributed by atoms with Crippen molar-refractivity contribution in [1.82, 2.24) is 20.8 Å². The summed E-state index contributed by atoms with van der Waals surface area (Å²) in [4.78, 5) is 13.0. The predicted molar refractivity (Wildman–Crippen MR) is 136 cm³/mol. The minimum atomic E-state index is -0.181. The number of nitrogens with one attached hydrogen (secondary N) is 2. The molecular formula is C28H38N4O2.